The largest absolute Gasteiger partial charge is 0.308 e. The van der Waals surface area contributed by atoms with Crippen LogP contribution in [-0.2, 0) is 10.0 Å². The first kappa shape index (κ1) is 13.3. The van der Waals surface area contributed by atoms with Gasteiger partial charge in [0.15, 0.2) is 0 Å². The number of hydrogen-bond donors (Lipinski definition) is 2. The van der Waals surface area contributed by atoms with Crippen molar-refractivity contribution in [3.63, 3.8) is 0 Å². The van der Waals surface area contributed by atoms with E-state index in [4.69, 9.17) is 5.84 Å². The van der Waals surface area contributed by atoms with Gasteiger partial charge in [0, 0.05) is 19.3 Å². The summed E-state index contributed by atoms with van der Waals surface area (Å²) in [6, 6.07) is 3.09. The molecule has 6 nitrogen and oxygen atoms in total. The minimum Gasteiger partial charge on any atom is -0.308 e. The minimum atomic E-state index is -3.41. The molecule has 2 rings (SSSR count). The minimum absolute atomic E-state index is 0.225. The third kappa shape index (κ3) is 2.80. The Morgan fingerprint density at radius 3 is 2.33 bits per heavy atom. The van der Waals surface area contributed by atoms with E-state index >= 15 is 0 Å². The van der Waals surface area contributed by atoms with Crippen molar-refractivity contribution in [2.24, 2.45) is 5.84 Å². The van der Waals surface area contributed by atoms with Gasteiger partial charge in [-0.05, 0) is 25.0 Å². The highest BCUT2D eigenvalue weighted by molar-refractivity contribution is 7.89. The molecule has 1 aliphatic rings. The molecule has 100 valence electrons. The summed E-state index contributed by atoms with van der Waals surface area (Å²) in [6.07, 6.45) is 5.39. The molecular weight excluding hydrogens is 252 g/mol. The Morgan fingerprint density at radius 2 is 1.83 bits per heavy atom. The average molecular weight is 270 g/mol. The van der Waals surface area contributed by atoms with Crippen molar-refractivity contribution >= 4 is 15.8 Å². The van der Waals surface area contributed by atoms with Crippen molar-refractivity contribution in [3.8, 4) is 0 Å². The van der Waals surface area contributed by atoms with E-state index in [1.54, 1.807) is 10.4 Å². The van der Waals surface area contributed by atoms with Crippen LogP contribution in [0.4, 0.5) is 5.82 Å². The van der Waals surface area contributed by atoms with Crippen LogP contribution in [0.25, 0.3) is 0 Å². The summed E-state index contributed by atoms with van der Waals surface area (Å²) < 4.78 is 26.3. The molecule has 0 spiro atoms. The van der Waals surface area contributed by atoms with Gasteiger partial charge >= 0.3 is 0 Å². The zero-order valence-electron chi connectivity index (χ0n) is 10.2. The Balaban J connectivity index is 2.22. The number of nitrogen functional groups attached to an aromatic ring is 1. The van der Waals surface area contributed by atoms with Crippen LogP contribution in [0, 0.1) is 0 Å². The summed E-state index contributed by atoms with van der Waals surface area (Å²) in [4.78, 5) is 4.17. The Kier molecular flexibility index (Phi) is 4.15. The van der Waals surface area contributed by atoms with Gasteiger partial charge in [0.25, 0.3) is 0 Å². The summed E-state index contributed by atoms with van der Waals surface area (Å²) in [5, 5.41) is 0. The molecule has 1 saturated heterocycles. The van der Waals surface area contributed by atoms with Gasteiger partial charge in [-0.25, -0.2) is 19.2 Å². The number of nitrogens with zero attached hydrogens (tertiary/aromatic N) is 2. The first-order valence-electron chi connectivity index (χ1n) is 6.07. The van der Waals surface area contributed by atoms with Crippen LogP contribution in [-0.4, -0.2) is 30.8 Å². The van der Waals surface area contributed by atoms with Crippen LogP contribution in [0.2, 0.25) is 0 Å². The number of sulfonamides is 1. The van der Waals surface area contributed by atoms with Gasteiger partial charge in [0.2, 0.25) is 10.0 Å². The fraction of sp³-hybridized carbons (Fsp3) is 0.545. The zero-order valence-corrected chi connectivity index (χ0v) is 11.0. The molecule has 1 aromatic heterocycles. The van der Waals surface area contributed by atoms with Gasteiger partial charge in [-0.3, -0.25) is 0 Å². The van der Waals surface area contributed by atoms with Crippen molar-refractivity contribution in [1.82, 2.24) is 9.29 Å². The SMILES string of the molecule is NNc1ccc(S(=O)(=O)N2CCCCCC2)cn1. The highest BCUT2D eigenvalue weighted by Gasteiger charge is 2.25. The van der Waals surface area contributed by atoms with Crippen LogP contribution in [0.5, 0.6) is 0 Å². The molecule has 0 bridgehead atoms. The molecule has 0 aliphatic carbocycles. The molecule has 1 aromatic rings. The average Bonchev–Trinajstić information content (AvgIpc) is 2.68. The Labute approximate surface area is 107 Å². The van der Waals surface area contributed by atoms with Crippen molar-refractivity contribution < 1.29 is 8.42 Å². The van der Waals surface area contributed by atoms with Crippen molar-refractivity contribution in [3.05, 3.63) is 18.3 Å². The maximum absolute atomic E-state index is 12.4. The predicted octanol–water partition coefficient (Wildman–Crippen LogP) is 0.932. The molecule has 1 aliphatic heterocycles. The normalized spacial score (nSPS) is 18.3. The predicted molar refractivity (Wildman–Crippen MR) is 69.3 cm³/mol. The van der Waals surface area contributed by atoms with Gasteiger partial charge in [-0.2, -0.15) is 4.31 Å². The second-order valence-electron chi connectivity index (χ2n) is 4.34. The number of anilines is 1. The Bertz CT molecular complexity index is 478. The molecule has 0 unspecified atom stereocenters. The van der Waals surface area contributed by atoms with E-state index in [2.05, 4.69) is 10.4 Å². The van der Waals surface area contributed by atoms with Gasteiger partial charge in [0.05, 0.1) is 0 Å². The molecule has 7 heteroatoms. The summed E-state index contributed by atoms with van der Waals surface area (Å²) in [6.45, 7) is 1.19. The summed E-state index contributed by atoms with van der Waals surface area (Å²) in [5.41, 5.74) is 2.38. The number of nitrogens with two attached hydrogens (primary N) is 1. The highest BCUT2D eigenvalue weighted by atomic mass is 32.2. The van der Waals surface area contributed by atoms with Gasteiger partial charge < -0.3 is 5.43 Å². The molecule has 0 atom stereocenters. The highest BCUT2D eigenvalue weighted by Crippen LogP contribution is 2.20. The lowest BCUT2D eigenvalue weighted by Gasteiger charge is -2.19. The van der Waals surface area contributed by atoms with Crippen LogP contribution in [0.15, 0.2) is 23.2 Å². The second-order valence-corrected chi connectivity index (χ2v) is 6.28. The van der Waals surface area contributed by atoms with Gasteiger partial charge in [-0.1, -0.05) is 12.8 Å². The molecule has 2 heterocycles. The van der Waals surface area contributed by atoms with Gasteiger partial charge in [0.1, 0.15) is 10.7 Å². The Hall–Kier alpha value is -1.18. The third-order valence-corrected chi connectivity index (χ3v) is 4.97. The monoisotopic (exact) mass is 270 g/mol. The van der Waals surface area contributed by atoms with Crippen LogP contribution < -0.4 is 11.3 Å². The third-order valence-electron chi connectivity index (χ3n) is 3.09. The molecule has 0 radical (unpaired) electrons. The lowest BCUT2D eigenvalue weighted by molar-refractivity contribution is 0.423. The second kappa shape index (κ2) is 5.64. The van der Waals surface area contributed by atoms with Crippen molar-refractivity contribution in [2.45, 2.75) is 30.6 Å². The maximum Gasteiger partial charge on any atom is 0.244 e. The molecule has 18 heavy (non-hydrogen) atoms. The smallest absolute Gasteiger partial charge is 0.244 e. The fourth-order valence-corrected chi connectivity index (χ4v) is 3.51. The van der Waals surface area contributed by atoms with E-state index in [9.17, 15) is 8.42 Å². The molecule has 0 saturated carbocycles. The lowest BCUT2D eigenvalue weighted by atomic mass is 10.2. The topological polar surface area (TPSA) is 88.3 Å². The first-order chi connectivity index (χ1) is 8.64. The maximum atomic E-state index is 12.4. The summed E-state index contributed by atoms with van der Waals surface area (Å²) >= 11 is 0. The van der Waals surface area contributed by atoms with E-state index in [1.165, 1.54) is 12.3 Å². The molecule has 3 N–H and O–H groups in total. The fourth-order valence-electron chi connectivity index (χ4n) is 2.05. The summed E-state index contributed by atoms with van der Waals surface area (Å²) in [5.74, 6) is 5.65. The van der Waals surface area contributed by atoms with E-state index in [1.807, 2.05) is 0 Å². The molecule has 1 fully saturated rings. The van der Waals surface area contributed by atoms with E-state index in [0.29, 0.717) is 18.9 Å². The molecular formula is C11H18N4O2S. The standard InChI is InChI=1S/C11H18N4O2S/c12-14-11-6-5-10(9-13-11)18(16,17)15-7-3-1-2-4-8-15/h5-6,9H,1-4,7-8,12H2,(H,13,14). The van der Waals surface area contributed by atoms with E-state index in [-0.39, 0.29) is 4.90 Å². The number of aromatic nitrogens is 1. The quantitative estimate of drug-likeness (QED) is 0.630. The number of nitrogens with one attached hydrogen (secondary N) is 1. The van der Waals surface area contributed by atoms with Crippen molar-refractivity contribution in [2.75, 3.05) is 18.5 Å². The molecule has 0 amide bonds. The van der Waals surface area contributed by atoms with E-state index < -0.39 is 10.0 Å². The van der Waals surface area contributed by atoms with Crippen LogP contribution in [0.3, 0.4) is 0 Å². The number of pyridine rings is 1. The first-order valence-corrected chi connectivity index (χ1v) is 7.51. The van der Waals surface area contributed by atoms with Crippen LogP contribution in [0.1, 0.15) is 25.7 Å². The molecule has 0 aromatic carbocycles. The number of rotatable bonds is 3. The van der Waals surface area contributed by atoms with E-state index in [0.717, 1.165) is 25.7 Å². The van der Waals surface area contributed by atoms with Gasteiger partial charge in [-0.15, -0.1) is 0 Å². The van der Waals surface area contributed by atoms with Crippen molar-refractivity contribution in [1.29, 1.82) is 0 Å². The number of hydrazine groups is 1. The van der Waals surface area contributed by atoms with Crippen LogP contribution >= 0.6 is 0 Å². The zero-order chi connectivity index (χ0) is 13.0. The Morgan fingerprint density at radius 1 is 1.17 bits per heavy atom. The number of hydrogen-bond acceptors (Lipinski definition) is 5. The lowest BCUT2D eigenvalue weighted by Crippen LogP contribution is -2.32. The summed E-state index contributed by atoms with van der Waals surface area (Å²) in [7, 11) is -3.41.